The molecule has 0 saturated heterocycles. The van der Waals surface area contributed by atoms with Gasteiger partial charge in [0.05, 0.1) is 0 Å². The minimum Gasteiger partial charge on any atom is -0.462 e. The van der Waals surface area contributed by atoms with E-state index in [1.807, 2.05) is 0 Å². The van der Waals surface area contributed by atoms with Crippen molar-refractivity contribution in [2.75, 3.05) is 13.2 Å². The second-order valence-electron chi connectivity index (χ2n) is 19.7. The lowest BCUT2D eigenvalue weighted by molar-refractivity contribution is -0.167. The lowest BCUT2D eigenvalue weighted by Crippen LogP contribution is -2.30. The lowest BCUT2D eigenvalue weighted by atomic mass is 10.0. The average molecular weight is 877 g/mol. The molecule has 6 nitrogen and oxygen atoms in total. The molecule has 0 spiro atoms. The minimum atomic E-state index is -0.761. The monoisotopic (exact) mass is 877 g/mol. The van der Waals surface area contributed by atoms with E-state index in [1.165, 1.54) is 212 Å². The zero-order valence-corrected chi connectivity index (χ0v) is 42.3. The Morgan fingerprint density at radius 2 is 0.532 bits per heavy atom. The molecule has 368 valence electrons. The number of ether oxygens (including phenoxy) is 3. The van der Waals surface area contributed by atoms with Crippen LogP contribution in [0.4, 0.5) is 0 Å². The van der Waals surface area contributed by atoms with E-state index in [0.717, 1.165) is 63.7 Å². The van der Waals surface area contributed by atoms with Gasteiger partial charge in [0.2, 0.25) is 0 Å². The quantitative estimate of drug-likeness (QED) is 0.0344. The lowest BCUT2D eigenvalue weighted by Gasteiger charge is -2.18. The van der Waals surface area contributed by atoms with Crippen molar-refractivity contribution in [1.82, 2.24) is 0 Å². The zero-order chi connectivity index (χ0) is 45.2. The first-order valence-corrected chi connectivity index (χ1v) is 27.9. The van der Waals surface area contributed by atoms with Gasteiger partial charge >= 0.3 is 17.9 Å². The molecule has 0 aromatic carbocycles. The first-order chi connectivity index (χ1) is 30.4. The Balaban J connectivity index is 4.24. The fourth-order valence-corrected chi connectivity index (χ4v) is 8.57. The third-order valence-corrected chi connectivity index (χ3v) is 12.8. The molecule has 0 unspecified atom stereocenters. The molecule has 0 aromatic heterocycles. The minimum absolute atomic E-state index is 0.0628. The smallest absolute Gasteiger partial charge is 0.306 e. The summed E-state index contributed by atoms with van der Waals surface area (Å²) in [4.78, 5) is 38.0. The Bertz CT molecular complexity index is 933. The molecule has 0 bridgehead atoms. The summed E-state index contributed by atoms with van der Waals surface area (Å²) >= 11 is 0. The van der Waals surface area contributed by atoms with Gasteiger partial charge in [-0.3, -0.25) is 14.4 Å². The van der Waals surface area contributed by atoms with E-state index >= 15 is 0 Å². The van der Waals surface area contributed by atoms with Crippen LogP contribution >= 0.6 is 0 Å². The fourth-order valence-electron chi connectivity index (χ4n) is 8.57. The van der Waals surface area contributed by atoms with Crippen molar-refractivity contribution in [3.05, 3.63) is 0 Å². The van der Waals surface area contributed by atoms with Crippen LogP contribution in [0.3, 0.4) is 0 Å². The Labute approximate surface area is 387 Å². The second kappa shape index (κ2) is 50.4. The van der Waals surface area contributed by atoms with Crippen LogP contribution in [0.1, 0.15) is 317 Å². The first-order valence-electron chi connectivity index (χ1n) is 27.9. The van der Waals surface area contributed by atoms with Crippen molar-refractivity contribution in [1.29, 1.82) is 0 Å². The predicted octanol–water partition coefficient (Wildman–Crippen LogP) is 18.2. The molecule has 0 heterocycles. The second-order valence-corrected chi connectivity index (χ2v) is 19.7. The molecule has 0 saturated carbocycles. The normalized spacial score (nSPS) is 12.0. The molecule has 0 radical (unpaired) electrons. The van der Waals surface area contributed by atoms with Gasteiger partial charge in [0.1, 0.15) is 13.2 Å². The first kappa shape index (κ1) is 60.4. The molecular formula is C56H108O6. The maximum Gasteiger partial charge on any atom is 0.306 e. The third kappa shape index (κ3) is 49.4. The van der Waals surface area contributed by atoms with Crippen LogP contribution in [0, 0.1) is 5.92 Å². The number of hydrogen-bond donors (Lipinski definition) is 0. The summed E-state index contributed by atoms with van der Waals surface area (Å²) in [7, 11) is 0. The molecule has 0 aliphatic heterocycles. The highest BCUT2D eigenvalue weighted by Crippen LogP contribution is 2.18. The topological polar surface area (TPSA) is 78.9 Å². The average Bonchev–Trinajstić information content (AvgIpc) is 3.26. The van der Waals surface area contributed by atoms with Crippen LogP contribution in [-0.2, 0) is 28.6 Å². The van der Waals surface area contributed by atoms with Gasteiger partial charge in [-0.25, -0.2) is 0 Å². The van der Waals surface area contributed by atoms with Gasteiger partial charge in [0, 0.05) is 19.3 Å². The van der Waals surface area contributed by atoms with E-state index in [4.69, 9.17) is 14.2 Å². The molecule has 0 amide bonds. The van der Waals surface area contributed by atoms with Crippen LogP contribution in [0.15, 0.2) is 0 Å². The zero-order valence-electron chi connectivity index (χ0n) is 42.3. The van der Waals surface area contributed by atoms with Crippen molar-refractivity contribution in [2.24, 2.45) is 5.92 Å². The van der Waals surface area contributed by atoms with E-state index < -0.39 is 6.10 Å². The standard InChI is InChI=1S/C56H108O6/c1-5-7-9-11-13-15-17-19-21-23-24-26-27-29-31-35-39-43-47-54(57)60-50-53(51-61-55(58)48-44-40-37-33-34-38-42-46-52(3)4)62-56(59)49-45-41-36-32-30-28-25-22-20-18-16-14-12-10-8-6-2/h52-53H,5-51H2,1-4H3/t53-/m1/s1. The van der Waals surface area contributed by atoms with Gasteiger partial charge in [-0.1, -0.05) is 278 Å². The molecule has 0 N–H and O–H groups in total. The molecule has 0 rings (SSSR count). The largest absolute Gasteiger partial charge is 0.462 e. The summed E-state index contributed by atoms with van der Waals surface area (Å²) in [6.07, 6.45) is 53.9. The number of hydrogen-bond acceptors (Lipinski definition) is 6. The highest BCUT2D eigenvalue weighted by Gasteiger charge is 2.19. The van der Waals surface area contributed by atoms with Crippen LogP contribution in [0.25, 0.3) is 0 Å². The van der Waals surface area contributed by atoms with E-state index in [2.05, 4.69) is 27.7 Å². The number of carbonyl (C=O) groups excluding carboxylic acids is 3. The van der Waals surface area contributed by atoms with Crippen LogP contribution in [0.5, 0.6) is 0 Å². The summed E-state index contributed by atoms with van der Waals surface area (Å²) in [6, 6.07) is 0. The molecule has 62 heavy (non-hydrogen) atoms. The van der Waals surface area contributed by atoms with E-state index in [9.17, 15) is 14.4 Å². The Morgan fingerprint density at radius 1 is 0.306 bits per heavy atom. The van der Waals surface area contributed by atoms with Gasteiger partial charge in [-0.05, 0) is 25.2 Å². The molecule has 0 fully saturated rings. The van der Waals surface area contributed by atoms with Gasteiger partial charge in [0.25, 0.3) is 0 Å². The molecule has 6 heteroatoms. The summed E-state index contributed by atoms with van der Waals surface area (Å²) in [5.41, 5.74) is 0. The number of rotatable bonds is 51. The highest BCUT2D eigenvalue weighted by molar-refractivity contribution is 5.71. The SMILES string of the molecule is CCCCCCCCCCCCCCCCCCCCC(=O)OC[C@H](COC(=O)CCCCCCCCCC(C)C)OC(=O)CCCCCCCCCCCCCCCCCC. The Hall–Kier alpha value is -1.59. The number of carbonyl (C=O) groups is 3. The van der Waals surface area contributed by atoms with E-state index in [-0.39, 0.29) is 31.1 Å². The summed E-state index contributed by atoms with van der Waals surface area (Å²) in [5.74, 6) is -0.0608. The van der Waals surface area contributed by atoms with Crippen molar-refractivity contribution < 1.29 is 28.6 Å². The summed E-state index contributed by atoms with van der Waals surface area (Å²) < 4.78 is 16.8. The molecular weight excluding hydrogens is 769 g/mol. The van der Waals surface area contributed by atoms with E-state index in [1.54, 1.807) is 0 Å². The summed E-state index contributed by atoms with van der Waals surface area (Å²) in [5, 5.41) is 0. The van der Waals surface area contributed by atoms with Crippen molar-refractivity contribution in [3.8, 4) is 0 Å². The van der Waals surface area contributed by atoms with Crippen LogP contribution in [0.2, 0.25) is 0 Å². The van der Waals surface area contributed by atoms with Gasteiger partial charge in [-0.15, -0.1) is 0 Å². The highest BCUT2D eigenvalue weighted by atomic mass is 16.6. The van der Waals surface area contributed by atoms with E-state index in [0.29, 0.717) is 19.3 Å². The third-order valence-electron chi connectivity index (χ3n) is 12.8. The van der Waals surface area contributed by atoms with Crippen molar-refractivity contribution >= 4 is 17.9 Å². The maximum absolute atomic E-state index is 12.8. The predicted molar refractivity (Wildman–Crippen MR) is 266 cm³/mol. The molecule has 1 atom stereocenters. The molecule has 0 aliphatic rings. The fraction of sp³-hybridized carbons (Fsp3) is 0.946. The Kier molecular flexibility index (Phi) is 49.1. The number of unbranched alkanes of at least 4 members (excludes halogenated alkanes) is 38. The van der Waals surface area contributed by atoms with Crippen molar-refractivity contribution in [3.63, 3.8) is 0 Å². The molecule has 0 aliphatic carbocycles. The number of esters is 3. The van der Waals surface area contributed by atoms with Crippen LogP contribution < -0.4 is 0 Å². The Morgan fingerprint density at radius 3 is 0.790 bits per heavy atom. The molecule has 0 aromatic rings. The van der Waals surface area contributed by atoms with Crippen LogP contribution in [-0.4, -0.2) is 37.2 Å². The van der Waals surface area contributed by atoms with Gasteiger partial charge in [0.15, 0.2) is 6.10 Å². The maximum atomic E-state index is 12.8. The van der Waals surface area contributed by atoms with Gasteiger partial charge in [-0.2, -0.15) is 0 Å². The van der Waals surface area contributed by atoms with Gasteiger partial charge < -0.3 is 14.2 Å². The van der Waals surface area contributed by atoms with Crippen molar-refractivity contribution in [2.45, 2.75) is 323 Å². The summed E-state index contributed by atoms with van der Waals surface area (Å²) in [6.45, 7) is 9.00.